The molecule has 2 N–H and O–H groups in total. The maximum absolute atomic E-state index is 11.7. The van der Waals surface area contributed by atoms with Crippen LogP contribution in [0.5, 0.6) is 5.75 Å². The molecule has 2 rings (SSSR count). The largest absolute Gasteiger partial charge is 0.507 e. The maximum atomic E-state index is 11.7. The lowest BCUT2D eigenvalue weighted by Crippen LogP contribution is -2.33. The molecule has 92 valence electrons. The quantitative estimate of drug-likeness (QED) is 0.823. The lowest BCUT2D eigenvalue weighted by atomic mass is 10.2. The highest BCUT2D eigenvalue weighted by atomic mass is 16.3. The molecule has 0 atom stereocenters. The SMILES string of the molecule is O=C(NCCN1CCCC1)c1ccccc1O. The van der Waals surface area contributed by atoms with Crippen molar-refractivity contribution in [2.45, 2.75) is 12.8 Å². The Morgan fingerprint density at radius 3 is 2.71 bits per heavy atom. The molecule has 0 saturated carbocycles. The number of phenols is 1. The van der Waals surface area contributed by atoms with Gasteiger partial charge in [-0.05, 0) is 38.1 Å². The number of hydrogen-bond acceptors (Lipinski definition) is 3. The van der Waals surface area contributed by atoms with Gasteiger partial charge in [0.15, 0.2) is 0 Å². The molecule has 0 radical (unpaired) electrons. The second kappa shape index (κ2) is 5.68. The third-order valence-electron chi connectivity index (χ3n) is 3.06. The summed E-state index contributed by atoms with van der Waals surface area (Å²) in [4.78, 5) is 14.1. The number of nitrogens with zero attached hydrogens (tertiary/aromatic N) is 1. The van der Waals surface area contributed by atoms with Gasteiger partial charge in [0.1, 0.15) is 5.75 Å². The van der Waals surface area contributed by atoms with E-state index < -0.39 is 0 Å². The third kappa shape index (κ3) is 3.20. The highest BCUT2D eigenvalue weighted by molar-refractivity contribution is 5.96. The van der Waals surface area contributed by atoms with E-state index in [-0.39, 0.29) is 11.7 Å². The molecule has 0 unspecified atom stereocenters. The second-order valence-electron chi connectivity index (χ2n) is 4.32. The molecule has 0 bridgehead atoms. The molecule has 1 aliphatic rings. The smallest absolute Gasteiger partial charge is 0.255 e. The molecule has 1 aliphatic heterocycles. The van der Waals surface area contributed by atoms with E-state index in [2.05, 4.69) is 10.2 Å². The van der Waals surface area contributed by atoms with Crippen LogP contribution in [0.4, 0.5) is 0 Å². The Hall–Kier alpha value is -1.55. The molecular weight excluding hydrogens is 216 g/mol. The van der Waals surface area contributed by atoms with Crippen LogP contribution < -0.4 is 5.32 Å². The Bertz CT molecular complexity index is 387. The Morgan fingerprint density at radius 1 is 1.29 bits per heavy atom. The number of amides is 1. The monoisotopic (exact) mass is 234 g/mol. The highest BCUT2D eigenvalue weighted by Gasteiger charge is 2.12. The minimum atomic E-state index is -0.206. The zero-order valence-corrected chi connectivity index (χ0v) is 9.85. The van der Waals surface area contributed by atoms with Crippen LogP contribution in [0.25, 0.3) is 0 Å². The lowest BCUT2D eigenvalue weighted by molar-refractivity contribution is 0.0947. The van der Waals surface area contributed by atoms with Crippen molar-refractivity contribution in [3.8, 4) is 5.75 Å². The number of hydrogen-bond donors (Lipinski definition) is 2. The van der Waals surface area contributed by atoms with Crippen molar-refractivity contribution in [3.05, 3.63) is 29.8 Å². The van der Waals surface area contributed by atoms with Gasteiger partial charge in [0.2, 0.25) is 0 Å². The molecule has 4 heteroatoms. The summed E-state index contributed by atoms with van der Waals surface area (Å²) in [5.41, 5.74) is 0.342. The highest BCUT2D eigenvalue weighted by Crippen LogP contribution is 2.14. The maximum Gasteiger partial charge on any atom is 0.255 e. The number of nitrogens with one attached hydrogen (secondary N) is 1. The van der Waals surface area contributed by atoms with Crippen LogP contribution in [0.3, 0.4) is 0 Å². The molecule has 1 amide bonds. The summed E-state index contributed by atoms with van der Waals surface area (Å²) in [7, 11) is 0. The van der Waals surface area contributed by atoms with Crippen LogP contribution in [0.1, 0.15) is 23.2 Å². The van der Waals surface area contributed by atoms with Crippen molar-refractivity contribution >= 4 is 5.91 Å². The first-order chi connectivity index (χ1) is 8.27. The Kier molecular flexibility index (Phi) is 3.98. The predicted molar refractivity (Wildman–Crippen MR) is 66.1 cm³/mol. The van der Waals surface area contributed by atoms with Gasteiger partial charge in [-0.15, -0.1) is 0 Å². The van der Waals surface area contributed by atoms with Crippen molar-refractivity contribution < 1.29 is 9.90 Å². The molecule has 1 heterocycles. The fourth-order valence-corrected chi connectivity index (χ4v) is 2.09. The minimum absolute atomic E-state index is 0.0335. The topological polar surface area (TPSA) is 52.6 Å². The van der Waals surface area contributed by atoms with E-state index in [1.807, 2.05) is 0 Å². The van der Waals surface area contributed by atoms with Gasteiger partial charge in [0.05, 0.1) is 5.56 Å². The van der Waals surface area contributed by atoms with Gasteiger partial charge < -0.3 is 15.3 Å². The number of carbonyl (C=O) groups excluding carboxylic acids is 1. The van der Waals surface area contributed by atoms with Gasteiger partial charge in [-0.2, -0.15) is 0 Å². The zero-order valence-electron chi connectivity index (χ0n) is 9.85. The van der Waals surface area contributed by atoms with Crippen LogP contribution in [-0.2, 0) is 0 Å². The van der Waals surface area contributed by atoms with Crippen molar-refractivity contribution in [2.24, 2.45) is 0 Å². The molecule has 0 aromatic heterocycles. The average Bonchev–Trinajstić information content (AvgIpc) is 2.82. The van der Waals surface area contributed by atoms with E-state index in [1.54, 1.807) is 18.2 Å². The first kappa shape index (κ1) is 11.9. The summed E-state index contributed by atoms with van der Waals surface area (Å²) in [6, 6.07) is 6.60. The van der Waals surface area contributed by atoms with Gasteiger partial charge >= 0.3 is 0 Å². The third-order valence-corrected chi connectivity index (χ3v) is 3.06. The van der Waals surface area contributed by atoms with Crippen LogP contribution >= 0.6 is 0 Å². The van der Waals surface area contributed by atoms with E-state index in [0.29, 0.717) is 12.1 Å². The summed E-state index contributed by atoms with van der Waals surface area (Å²) in [5, 5.41) is 12.3. The van der Waals surface area contributed by atoms with Crippen molar-refractivity contribution in [1.82, 2.24) is 10.2 Å². The first-order valence-corrected chi connectivity index (χ1v) is 6.06. The number of aromatic hydroxyl groups is 1. The fourth-order valence-electron chi connectivity index (χ4n) is 2.09. The second-order valence-corrected chi connectivity index (χ2v) is 4.32. The lowest BCUT2D eigenvalue weighted by Gasteiger charge is -2.14. The van der Waals surface area contributed by atoms with Gasteiger partial charge in [-0.25, -0.2) is 0 Å². The summed E-state index contributed by atoms with van der Waals surface area (Å²) >= 11 is 0. The van der Waals surface area contributed by atoms with E-state index in [4.69, 9.17) is 0 Å². The fraction of sp³-hybridized carbons (Fsp3) is 0.462. The van der Waals surface area contributed by atoms with Gasteiger partial charge in [-0.3, -0.25) is 4.79 Å². The predicted octanol–water partition coefficient (Wildman–Crippen LogP) is 1.22. The summed E-state index contributed by atoms with van der Waals surface area (Å²) < 4.78 is 0. The van der Waals surface area contributed by atoms with Gasteiger partial charge in [-0.1, -0.05) is 12.1 Å². The molecule has 1 aromatic rings. The molecule has 0 spiro atoms. The molecule has 1 fully saturated rings. The zero-order chi connectivity index (χ0) is 12.1. The molecule has 17 heavy (non-hydrogen) atoms. The molecule has 4 nitrogen and oxygen atoms in total. The van der Waals surface area contributed by atoms with Crippen LogP contribution in [0, 0.1) is 0 Å². The summed E-state index contributed by atoms with van der Waals surface area (Å²) in [5.74, 6) is -0.173. The van der Waals surface area contributed by atoms with Crippen molar-refractivity contribution in [1.29, 1.82) is 0 Å². The molecule has 1 saturated heterocycles. The van der Waals surface area contributed by atoms with Crippen molar-refractivity contribution in [2.75, 3.05) is 26.2 Å². The number of benzene rings is 1. The van der Waals surface area contributed by atoms with Crippen molar-refractivity contribution in [3.63, 3.8) is 0 Å². The van der Waals surface area contributed by atoms with Gasteiger partial charge in [0, 0.05) is 13.1 Å². The Balaban J connectivity index is 1.79. The number of phenolic OH excluding ortho intramolecular Hbond substituents is 1. The standard InChI is InChI=1S/C13H18N2O2/c16-12-6-2-1-5-11(12)13(17)14-7-10-15-8-3-4-9-15/h1-2,5-6,16H,3-4,7-10H2,(H,14,17). The number of rotatable bonds is 4. The van der Waals surface area contributed by atoms with Gasteiger partial charge in [0.25, 0.3) is 5.91 Å². The Morgan fingerprint density at radius 2 is 2.00 bits per heavy atom. The normalized spacial score (nSPS) is 16.0. The van der Waals surface area contributed by atoms with E-state index in [1.165, 1.54) is 18.9 Å². The van der Waals surface area contributed by atoms with E-state index >= 15 is 0 Å². The van der Waals surface area contributed by atoms with E-state index in [0.717, 1.165) is 19.6 Å². The van der Waals surface area contributed by atoms with E-state index in [9.17, 15) is 9.90 Å². The summed E-state index contributed by atoms with van der Waals surface area (Å²) in [6.07, 6.45) is 2.51. The Labute approximate surface area is 101 Å². The number of carbonyl (C=O) groups is 1. The van der Waals surface area contributed by atoms with Crippen LogP contribution in [-0.4, -0.2) is 42.1 Å². The summed E-state index contributed by atoms with van der Waals surface area (Å²) in [6.45, 7) is 3.78. The molecule has 1 aromatic carbocycles. The average molecular weight is 234 g/mol. The number of para-hydroxylation sites is 1. The minimum Gasteiger partial charge on any atom is -0.507 e. The first-order valence-electron chi connectivity index (χ1n) is 6.06. The van der Waals surface area contributed by atoms with Crippen LogP contribution in [0.15, 0.2) is 24.3 Å². The molecular formula is C13H18N2O2. The van der Waals surface area contributed by atoms with Crippen LogP contribution in [0.2, 0.25) is 0 Å². The molecule has 0 aliphatic carbocycles. The number of likely N-dealkylation sites (tertiary alicyclic amines) is 1.